The fourth-order valence-electron chi connectivity index (χ4n) is 3.44. The quantitative estimate of drug-likeness (QED) is 0.264. The molecule has 0 atom stereocenters. The van der Waals surface area contributed by atoms with Gasteiger partial charge < -0.3 is 4.74 Å². The van der Waals surface area contributed by atoms with E-state index in [1.807, 2.05) is 29.6 Å². The Hall–Kier alpha value is -2.46. The topological polar surface area (TPSA) is 85.4 Å². The summed E-state index contributed by atoms with van der Waals surface area (Å²) >= 11 is 10.9. The van der Waals surface area contributed by atoms with Crippen LogP contribution < -0.4 is 4.72 Å². The maximum atomic E-state index is 13.3. The van der Waals surface area contributed by atoms with Gasteiger partial charge in [-0.3, -0.25) is 4.72 Å². The molecule has 2 aromatic carbocycles. The van der Waals surface area contributed by atoms with E-state index in [1.165, 1.54) is 23.5 Å². The van der Waals surface area contributed by atoms with Gasteiger partial charge in [-0.05, 0) is 49.7 Å². The molecule has 4 aromatic rings. The van der Waals surface area contributed by atoms with Crippen LogP contribution >= 0.6 is 38.9 Å². The first-order valence-electron chi connectivity index (χ1n) is 9.84. The van der Waals surface area contributed by atoms with Crippen molar-refractivity contribution in [1.82, 2.24) is 4.98 Å². The molecule has 10 heteroatoms. The summed E-state index contributed by atoms with van der Waals surface area (Å²) in [7, 11) is -4.07. The molecule has 33 heavy (non-hydrogen) atoms. The molecule has 0 bridgehead atoms. The Balaban J connectivity index is 2.01. The van der Waals surface area contributed by atoms with Crippen molar-refractivity contribution >= 4 is 70.8 Å². The van der Waals surface area contributed by atoms with Crippen LogP contribution in [-0.4, -0.2) is 26.0 Å². The smallest absolute Gasteiger partial charge is 0.342 e. The lowest BCUT2D eigenvalue weighted by Gasteiger charge is -2.16. The number of halogens is 2. The van der Waals surface area contributed by atoms with Crippen molar-refractivity contribution in [1.29, 1.82) is 0 Å². The highest BCUT2D eigenvalue weighted by molar-refractivity contribution is 9.10. The zero-order valence-electron chi connectivity index (χ0n) is 17.6. The van der Waals surface area contributed by atoms with E-state index in [0.717, 1.165) is 15.6 Å². The number of aromatic nitrogens is 1. The van der Waals surface area contributed by atoms with Crippen LogP contribution in [0.5, 0.6) is 0 Å². The molecule has 0 aliphatic rings. The van der Waals surface area contributed by atoms with Crippen molar-refractivity contribution in [2.24, 2.45) is 0 Å². The molecule has 0 saturated carbocycles. The molecule has 0 saturated heterocycles. The van der Waals surface area contributed by atoms with E-state index in [1.54, 1.807) is 26.0 Å². The largest absolute Gasteiger partial charge is 0.462 e. The number of carbonyl (C=O) groups is 1. The predicted molar refractivity (Wildman–Crippen MR) is 136 cm³/mol. The van der Waals surface area contributed by atoms with Crippen LogP contribution in [0.15, 0.2) is 63.3 Å². The number of esters is 1. The lowest BCUT2D eigenvalue weighted by Crippen LogP contribution is -2.18. The number of sulfonamides is 1. The predicted octanol–water partition coefficient (Wildman–Crippen LogP) is 6.67. The molecule has 170 valence electrons. The second-order valence-electron chi connectivity index (χ2n) is 7.07. The second kappa shape index (κ2) is 9.42. The summed E-state index contributed by atoms with van der Waals surface area (Å²) in [4.78, 5) is 18.1. The Morgan fingerprint density at radius 2 is 1.97 bits per heavy atom. The summed E-state index contributed by atoms with van der Waals surface area (Å²) in [6.07, 6.45) is 0. The third-order valence-electron chi connectivity index (χ3n) is 4.86. The van der Waals surface area contributed by atoms with Crippen LogP contribution in [0, 0.1) is 6.92 Å². The number of hydrogen-bond acceptors (Lipinski definition) is 6. The summed E-state index contributed by atoms with van der Waals surface area (Å²) in [6.45, 7) is 3.48. The van der Waals surface area contributed by atoms with Crippen LogP contribution in [0.2, 0.25) is 5.02 Å². The van der Waals surface area contributed by atoms with E-state index in [-0.39, 0.29) is 27.8 Å². The Morgan fingerprint density at radius 1 is 1.21 bits per heavy atom. The van der Waals surface area contributed by atoms with Crippen LogP contribution in [0.4, 0.5) is 5.69 Å². The van der Waals surface area contributed by atoms with Gasteiger partial charge in [0.05, 0.1) is 22.9 Å². The van der Waals surface area contributed by atoms with Crippen LogP contribution in [0.25, 0.3) is 21.3 Å². The molecule has 0 amide bonds. The monoisotopic (exact) mass is 564 g/mol. The number of rotatable bonds is 6. The maximum Gasteiger partial charge on any atom is 0.342 e. The molecule has 4 rings (SSSR count). The fraction of sp³-hybridized carbons (Fsp3) is 0.130. The van der Waals surface area contributed by atoms with E-state index in [0.29, 0.717) is 15.9 Å². The molecule has 0 aliphatic carbocycles. The minimum Gasteiger partial charge on any atom is -0.462 e. The van der Waals surface area contributed by atoms with Gasteiger partial charge in [-0.2, -0.15) is 0 Å². The summed E-state index contributed by atoms with van der Waals surface area (Å²) in [5.74, 6) is -0.653. The molecular weight excluding hydrogens is 548 g/mol. The first-order chi connectivity index (χ1) is 15.7. The van der Waals surface area contributed by atoms with Crippen LogP contribution in [0.3, 0.4) is 0 Å². The van der Waals surface area contributed by atoms with Crippen molar-refractivity contribution in [2.45, 2.75) is 18.7 Å². The number of thiophene rings is 1. The number of aryl methyl sites for hydroxylation is 1. The van der Waals surface area contributed by atoms with Gasteiger partial charge in [0, 0.05) is 25.8 Å². The number of pyridine rings is 1. The summed E-state index contributed by atoms with van der Waals surface area (Å²) in [6, 6.07) is 13.5. The lowest BCUT2D eigenvalue weighted by molar-refractivity contribution is 0.0526. The average Bonchev–Trinajstić information content (AvgIpc) is 3.17. The van der Waals surface area contributed by atoms with E-state index < -0.39 is 16.0 Å². The minimum absolute atomic E-state index is 0.0216. The third-order valence-corrected chi connectivity index (χ3v) is 7.81. The van der Waals surface area contributed by atoms with E-state index >= 15 is 0 Å². The number of anilines is 1. The highest BCUT2D eigenvalue weighted by Crippen LogP contribution is 2.42. The van der Waals surface area contributed by atoms with Gasteiger partial charge in [-0.1, -0.05) is 45.7 Å². The average molecular weight is 566 g/mol. The second-order valence-corrected chi connectivity index (χ2v) is 11.0. The third kappa shape index (κ3) is 4.77. The van der Waals surface area contributed by atoms with Gasteiger partial charge in [0.1, 0.15) is 10.4 Å². The highest BCUT2D eigenvalue weighted by atomic mass is 79.9. The molecular formula is C23H18BrClN2O4S2. The molecule has 0 fully saturated rings. The van der Waals surface area contributed by atoms with Crippen molar-refractivity contribution in [3.63, 3.8) is 0 Å². The molecule has 6 nitrogen and oxygen atoms in total. The zero-order chi connectivity index (χ0) is 23.8. The van der Waals surface area contributed by atoms with Gasteiger partial charge in [-0.15, -0.1) is 11.3 Å². The molecule has 1 N–H and O–H groups in total. The number of nitrogens with zero attached hydrogens (tertiary/aromatic N) is 1. The molecule has 0 radical (unpaired) electrons. The first-order valence-corrected chi connectivity index (χ1v) is 13.4. The molecule has 2 heterocycles. The van der Waals surface area contributed by atoms with E-state index in [4.69, 9.17) is 16.3 Å². The number of hydrogen-bond donors (Lipinski definition) is 1. The first kappa shape index (κ1) is 23.7. The van der Waals surface area contributed by atoms with Gasteiger partial charge in [-0.25, -0.2) is 18.2 Å². The number of carbonyl (C=O) groups excluding carboxylic acids is 1. The van der Waals surface area contributed by atoms with Crippen molar-refractivity contribution in [2.75, 3.05) is 11.3 Å². The lowest BCUT2D eigenvalue weighted by atomic mass is 10.0. The number of ether oxygens (including phenoxy) is 1. The van der Waals surface area contributed by atoms with Gasteiger partial charge in [0.15, 0.2) is 0 Å². The number of benzene rings is 2. The normalized spacial score (nSPS) is 11.5. The van der Waals surface area contributed by atoms with Crippen molar-refractivity contribution in [3.05, 3.63) is 74.7 Å². The Labute approximate surface area is 208 Å². The van der Waals surface area contributed by atoms with Gasteiger partial charge in [0.2, 0.25) is 0 Å². The SMILES string of the molecule is CCOC(=O)c1c(C)nc2scc(-c3cccc(Br)c3)c2c1NS(=O)(=O)c1cccc(Cl)c1. The van der Waals surface area contributed by atoms with Crippen molar-refractivity contribution < 1.29 is 17.9 Å². The van der Waals surface area contributed by atoms with Gasteiger partial charge >= 0.3 is 5.97 Å². The maximum absolute atomic E-state index is 13.3. The summed E-state index contributed by atoms with van der Waals surface area (Å²) in [5, 5.41) is 2.70. The molecule has 0 spiro atoms. The highest BCUT2D eigenvalue weighted by Gasteiger charge is 2.27. The Morgan fingerprint density at radius 3 is 2.67 bits per heavy atom. The Bertz CT molecular complexity index is 1490. The van der Waals surface area contributed by atoms with E-state index in [2.05, 4.69) is 25.6 Å². The standard InChI is InChI=1S/C23H18BrClN2O4S2/c1-3-31-23(28)19-13(2)26-22-20(18(12-32-22)14-6-4-7-15(24)10-14)21(19)27-33(29,30)17-9-5-8-16(25)11-17/h4-12H,3H2,1-2H3,(H,26,27). The van der Waals surface area contributed by atoms with Crippen LogP contribution in [-0.2, 0) is 14.8 Å². The van der Waals surface area contributed by atoms with Gasteiger partial charge in [0.25, 0.3) is 10.0 Å². The minimum atomic E-state index is -4.07. The fourth-order valence-corrected chi connectivity index (χ4v) is 6.22. The molecule has 0 aliphatic heterocycles. The number of fused-ring (bicyclic) bond motifs is 1. The Kier molecular flexibility index (Phi) is 6.76. The summed E-state index contributed by atoms with van der Waals surface area (Å²) < 4.78 is 35.4. The summed E-state index contributed by atoms with van der Waals surface area (Å²) in [5.41, 5.74) is 2.17. The van der Waals surface area contributed by atoms with Crippen molar-refractivity contribution in [3.8, 4) is 11.1 Å². The molecule has 2 aromatic heterocycles. The number of nitrogens with one attached hydrogen (secondary N) is 1. The zero-order valence-corrected chi connectivity index (χ0v) is 21.5. The van der Waals surface area contributed by atoms with E-state index in [9.17, 15) is 13.2 Å². The van der Waals surface area contributed by atoms with Crippen LogP contribution in [0.1, 0.15) is 23.0 Å². The molecule has 0 unspecified atom stereocenters.